The van der Waals surface area contributed by atoms with Crippen LogP contribution in [-0.4, -0.2) is 56.4 Å². The summed E-state index contributed by atoms with van der Waals surface area (Å²) in [5.74, 6) is 0.390. The molecule has 0 bridgehead atoms. The molecule has 2 aliphatic rings. The number of hydrogen-bond acceptors (Lipinski definition) is 7. The largest absolute Gasteiger partial charge is 0.372 e. The van der Waals surface area contributed by atoms with Gasteiger partial charge in [-0.15, -0.1) is 0 Å². The lowest BCUT2D eigenvalue weighted by Crippen LogP contribution is -2.46. The number of morpholine rings is 1. The van der Waals surface area contributed by atoms with Gasteiger partial charge in [0.15, 0.2) is 0 Å². The molecule has 5 rings (SSSR count). The van der Waals surface area contributed by atoms with E-state index in [1.807, 2.05) is 56.3 Å². The zero-order chi connectivity index (χ0) is 24.5. The van der Waals surface area contributed by atoms with E-state index in [9.17, 15) is 9.59 Å². The van der Waals surface area contributed by atoms with Crippen LogP contribution in [0, 0.1) is 0 Å². The van der Waals surface area contributed by atoms with Crippen molar-refractivity contribution < 1.29 is 9.53 Å². The van der Waals surface area contributed by atoms with Gasteiger partial charge in [-0.3, -0.25) is 18.9 Å². The summed E-state index contributed by atoms with van der Waals surface area (Å²) in [6.07, 6.45) is 4.06. The molecule has 0 saturated carbocycles. The molecule has 0 aliphatic carbocycles. The van der Waals surface area contributed by atoms with E-state index in [0.29, 0.717) is 52.3 Å². The summed E-state index contributed by atoms with van der Waals surface area (Å²) in [6, 6.07) is 15.5. The Morgan fingerprint density at radius 2 is 1.80 bits per heavy atom. The fourth-order valence-electron chi connectivity index (χ4n) is 4.52. The van der Waals surface area contributed by atoms with Gasteiger partial charge in [0.2, 0.25) is 0 Å². The summed E-state index contributed by atoms with van der Waals surface area (Å²) < 4.78 is 7.90. The maximum Gasteiger partial charge on any atom is 0.267 e. The highest BCUT2D eigenvalue weighted by atomic mass is 32.2. The first-order chi connectivity index (χ1) is 16.9. The third-order valence-electron chi connectivity index (χ3n) is 6.08. The van der Waals surface area contributed by atoms with Gasteiger partial charge in [0.1, 0.15) is 15.8 Å². The normalized spacial score (nSPS) is 21.9. The van der Waals surface area contributed by atoms with Crippen LogP contribution in [-0.2, 0) is 16.0 Å². The fourth-order valence-corrected chi connectivity index (χ4v) is 5.81. The van der Waals surface area contributed by atoms with E-state index in [1.165, 1.54) is 16.2 Å². The number of rotatable bonds is 5. The predicted molar refractivity (Wildman–Crippen MR) is 144 cm³/mol. The van der Waals surface area contributed by atoms with Crippen molar-refractivity contribution in [2.75, 3.05) is 24.5 Å². The van der Waals surface area contributed by atoms with Crippen LogP contribution in [0.1, 0.15) is 25.0 Å². The number of fused-ring (bicyclic) bond motifs is 1. The van der Waals surface area contributed by atoms with Gasteiger partial charge in [0.05, 0.1) is 22.7 Å². The summed E-state index contributed by atoms with van der Waals surface area (Å²) in [6.45, 7) is 5.73. The first-order valence-corrected chi connectivity index (χ1v) is 12.8. The molecule has 1 amide bonds. The minimum atomic E-state index is -0.216. The molecule has 0 spiro atoms. The van der Waals surface area contributed by atoms with Gasteiger partial charge in [0, 0.05) is 25.8 Å². The number of pyridine rings is 1. The lowest BCUT2D eigenvalue weighted by molar-refractivity contribution is -0.122. The Bertz CT molecular complexity index is 1360. The van der Waals surface area contributed by atoms with Crippen LogP contribution in [0.3, 0.4) is 0 Å². The Morgan fingerprint density at radius 1 is 1.09 bits per heavy atom. The molecule has 180 valence electrons. The van der Waals surface area contributed by atoms with Gasteiger partial charge < -0.3 is 9.64 Å². The molecule has 2 saturated heterocycles. The summed E-state index contributed by atoms with van der Waals surface area (Å²) in [5.41, 5.74) is 1.87. The van der Waals surface area contributed by atoms with E-state index in [4.69, 9.17) is 21.9 Å². The van der Waals surface area contributed by atoms with E-state index in [2.05, 4.69) is 4.90 Å². The van der Waals surface area contributed by atoms with Gasteiger partial charge in [-0.05, 0) is 44.0 Å². The van der Waals surface area contributed by atoms with Crippen molar-refractivity contribution in [1.82, 2.24) is 14.3 Å². The van der Waals surface area contributed by atoms with Gasteiger partial charge in [-0.25, -0.2) is 4.98 Å². The lowest BCUT2D eigenvalue weighted by atomic mass is 10.1. The van der Waals surface area contributed by atoms with Crippen LogP contribution in [0.15, 0.2) is 64.4 Å². The van der Waals surface area contributed by atoms with Crippen LogP contribution in [0.2, 0.25) is 0 Å². The topological polar surface area (TPSA) is 67.2 Å². The number of ether oxygens (including phenoxy) is 1. The number of hydrogen-bond donors (Lipinski definition) is 0. The lowest BCUT2D eigenvalue weighted by Gasteiger charge is -2.36. The smallest absolute Gasteiger partial charge is 0.267 e. The molecule has 2 aliphatic heterocycles. The molecule has 1 aromatic carbocycles. The first kappa shape index (κ1) is 23.7. The van der Waals surface area contributed by atoms with Crippen LogP contribution >= 0.6 is 24.0 Å². The third-order valence-corrected chi connectivity index (χ3v) is 7.46. The number of thioether (sulfide) groups is 1. The Kier molecular flexibility index (Phi) is 6.73. The highest BCUT2D eigenvalue weighted by Gasteiger charge is 2.33. The molecule has 2 atom stereocenters. The first-order valence-electron chi connectivity index (χ1n) is 11.6. The number of thiocarbonyl (C=S) groups is 1. The van der Waals surface area contributed by atoms with Crippen molar-refractivity contribution in [3.8, 4) is 0 Å². The van der Waals surface area contributed by atoms with Gasteiger partial charge in [-0.2, -0.15) is 0 Å². The second-order valence-corrected chi connectivity index (χ2v) is 10.5. The number of aromatic nitrogens is 2. The van der Waals surface area contributed by atoms with Crippen LogP contribution in [0.25, 0.3) is 11.7 Å². The molecule has 35 heavy (non-hydrogen) atoms. The van der Waals surface area contributed by atoms with Crippen molar-refractivity contribution in [2.24, 2.45) is 0 Å². The fraction of sp³-hybridized carbons (Fsp3) is 0.308. The van der Waals surface area contributed by atoms with Crippen molar-refractivity contribution in [3.05, 3.63) is 81.1 Å². The van der Waals surface area contributed by atoms with Crippen LogP contribution in [0.5, 0.6) is 0 Å². The molecule has 2 unspecified atom stereocenters. The highest BCUT2D eigenvalue weighted by Crippen LogP contribution is 2.34. The zero-order valence-electron chi connectivity index (χ0n) is 19.6. The number of benzene rings is 1. The monoisotopic (exact) mass is 506 g/mol. The molecule has 0 N–H and O–H groups in total. The van der Waals surface area contributed by atoms with E-state index in [1.54, 1.807) is 23.2 Å². The maximum absolute atomic E-state index is 13.6. The quantitative estimate of drug-likeness (QED) is 0.386. The maximum atomic E-state index is 13.6. The number of anilines is 1. The Balaban J connectivity index is 1.51. The summed E-state index contributed by atoms with van der Waals surface area (Å²) >= 11 is 6.76. The number of carbonyl (C=O) groups is 1. The zero-order valence-corrected chi connectivity index (χ0v) is 21.2. The molecular formula is C26H26N4O3S2. The average molecular weight is 507 g/mol. The second kappa shape index (κ2) is 9.93. The summed E-state index contributed by atoms with van der Waals surface area (Å²) in [7, 11) is 0. The van der Waals surface area contributed by atoms with E-state index in [-0.39, 0.29) is 23.7 Å². The van der Waals surface area contributed by atoms with E-state index >= 15 is 0 Å². The minimum Gasteiger partial charge on any atom is -0.372 e. The van der Waals surface area contributed by atoms with Crippen LogP contribution < -0.4 is 10.5 Å². The van der Waals surface area contributed by atoms with Gasteiger partial charge in [-0.1, -0.05) is 60.4 Å². The summed E-state index contributed by atoms with van der Waals surface area (Å²) in [4.78, 5) is 35.8. The van der Waals surface area contributed by atoms with Crippen molar-refractivity contribution >= 4 is 51.7 Å². The SMILES string of the molecule is CC1CN(c2nc3ccccn3c(=O)c2/C=C2/SC(=S)N(CCc3ccccc3)C2=O)CC(C)O1. The standard InChI is InChI=1S/C26H26N4O3S2/c1-17-15-28(16-18(2)33-17)23-20(24(31)29-12-7-6-10-22(29)27-23)14-21-25(32)30(26(34)35-21)13-11-19-8-4-3-5-9-19/h3-10,12,14,17-18H,11,13,15-16H2,1-2H3/b21-14+. The Labute approximate surface area is 213 Å². The van der Waals surface area contributed by atoms with E-state index < -0.39 is 0 Å². The molecule has 3 aromatic rings. The van der Waals surface area contributed by atoms with E-state index in [0.717, 1.165) is 5.56 Å². The van der Waals surface area contributed by atoms with Crippen molar-refractivity contribution in [3.63, 3.8) is 0 Å². The Hall–Kier alpha value is -3.01. The molecule has 7 nitrogen and oxygen atoms in total. The van der Waals surface area contributed by atoms with Gasteiger partial charge >= 0.3 is 0 Å². The molecule has 2 fully saturated rings. The molecule has 9 heteroatoms. The van der Waals surface area contributed by atoms with Crippen LogP contribution in [0.4, 0.5) is 5.82 Å². The molecular weight excluding hydrogens is 480 g/mol. The molecule has 2 aromatic heterocycles. The van der Waals surface area contributed by atoms with Crippen molar-refractivity contribution in [1.29, 1.82) is 0 Å². The average Bonchev–Trinajstić information content (AvgIpc) is 3.11. The number of nitrogens with zero attached hydrogens (tertiary/aromatic N) is 4. The predicted octanol–water partition coefficient (Wildman–Crippen LogP) is 3.75. The molecule has 4 heterocycles. The third kappa shape index (κ3) is 4.89. The minimum absolute atomic E-state index is 0.00109. The Morgan fingerprint density at radius 3 is 2.54 bits per heavy atom. The highest BCUT2D eigenvalue weighted by molar-refractivity contribution is 8.26. The number of amides is 1. The van der Waals surface area contributed by atoms with Gasteiger partial charge in [0.25, 0.3) is 11.5 Å². The van der Waals surface area contributed by atoms with Crippen molar-refractivity contribution in [2.45, 2.75) is 32.5 Å². The number of carbonyl (C=O) groups excluding carboxylic acids is 1. The summed E-state index contributed by atoms with van der Waals surface area (Å²) in [5, 5.41) is 0. The second-order valence-electron chi connectivity index (χ2n) is 8.81. The molecule has 0 radical (unpaired) electrons.